The van der Waals surface area contributed by atoms with Crippen LogP contribution < -0.4 is 5.73 Å². The van der Waals surface area contributed by atoms with E-state index in [1.165, 1.54) is 96.3 Å². The molecule has 0 aromatic rings. The van der Waals surface area contributed by atoms with Crippen LogP contribution in [0.2, 0.25) is 0 Å². The van der Waals surface area contributed by atoms with Gasteiger partial charge >= 0.3 is 6.03 Å². The van der Waals surface area contributed by atoms with Crippen LogP contribution in [0, 0.1) is 40.9 Å². The first kappa shape index (κ1) is 25.5. The largest absolute Gasteiger partial charge is 0.351 e. The van der Waals surface area contributed by atoms with Gasteiger partial charge in [-0.15, -0.1) is 0 Å². The Kier molecular flexibility index (Phi) is 7.66. The minimum Gasteiger partial charge on any atom is -0.351 e. The van der Waals surface area contributed by atoms with E-state index in [4.69, 9.17) is 5.73 Å². The lowest BCUT2D eigenvalue weighted by Crippen LogP contribution is -2.62. The molecular formula is C33H56N2O. The fourth-order valence-corrected chi connectivity index (χ4v) is 11.8. The average molecular weight is 497 g/mol. The summed E-state index contributed by atoms with van der Waals surface area (Å²) in [4.78, 5) is 14.6. The van der Waals surface area contributed by atoms with E-state index >= 15 is 0 Å². The molecule has 2 N–H and O–H groups in total. The molecule has 2 amide bonds. The minimum absolute atomic E-state index is 0.135. The van der Waals surface area contributed by atoms with Crippen molar-refractivity contribution in [3.63, 3.8) is 0 Å². The van der Waals surface area contributed by atoms with Gasteiger partial charge in [0.25, 0.3) is 0 Å². The molecule has 3 heteroatoms. The van der Waals surface area contributed by atoms with Gasteiger partial charge in [-0.3, -0.25) is 0 Å². The van der Waals surface area contributed by atoms with Gasteiger partial charge in [-0.1, -0.05) is 57.8 Å². The van der Waals surface area contributed by atoms with Gasteiger partial charge in [-0.2, -0.15) is 0 Å². The van der Waals surface area contributed by atoms with Crippen LogP contribution in [0.1, 0.15) is 148 Å². The van der Waals surface area contributed by atoms with Crippen LogP contribution >= 0.6 is 0 Å². The van der Waals surface area contributed by atoms with Crippen molar-refractivity contribution in [2.75, 3.05) is 6.54 Å². The summed E-state index contributed by atoms with van der Waals surface area (Å²) >= 11 is 0. The molecule has 0 heterocycles. The molecule has 8 bridgehead atoms. The Morgan fingerprint density at radius 2 is 0.917 bits per heavy atom. The molecular weight excluding hydrogens is 440 g/mol. The highest BCUT2D eigenvalue weighted by Gasteiger charge is 2.54. The monoisotopic (exact) mass is 496 g/mol. The van der Waals surface area contributed by atoms with Gasteiger partial charge in [-0.25, -0.2) is 4.79 Å². The number of carbonyl (C=O) groups is 1. The maximum atomic E-state index is 12.4. The van der Waals surface area contributed by atoms with E-state index in [-0.39, 0.29) is 11.6 Å². The summed E-state index contributed by atoms with van der Waals surface area (Å²) in [5.41, 5.74) is 6.89. The summed E-state index contributed by atoms with van der Waals surface area (Å²) in [6.45, 7) is 0.908. The molecule has 0 aliphatic heterocycles. The molecule has 8 fully saturated rings. The van der Waals surface area contributed by atoms with Gasteiger partial charge in [0.1, 0.15) is 0 Å². The number of unbranched alkanes of at least 4 members (excludes halogenated alkanes) is 9. The first-order valence-corrected chi connectivity index (χ1v) is 16.6. The molecule has 0 spiro atoms. The number of hydrogen-bond acceptors (Lipinski definition) is 1. The molecule has 8 rings (SSSR count). The van der Waals surface area contributed by atoms with Gasteiger partial charge in [-0.05, 0) is 131 Å². The predicted molar refractivity (Wildman–Crippen MR) is 149 cm³/mol. The highest BCUT2D eigenvalue weighted by Crippen LogP contribution is 2.62. The normalized spacial score (nSPS) is 41.8. The number of amides is 2. The van der Waals surface area contributed by atoms with Crippen molar-refractivity contribution in [2.24, 2.45) is 46.7 Å². The Bertz CT molecular complexity index is 688. The maximum absolute atomic E-state index is 12.4. The smallest absolute Gasteiger partial charge is 0.315 e. The number of nitrogens with two attached hydrogens (primary N) is 1. The third-order valence-electron chi connectivity index (χ3n) is 12.3. The summed E-state index contributed by atoms with van der Waals surface area (Å²) in [7, 11) is 0. The van der Waals surface area contributed by atoms with Crippen LogP contribution in [-0.4, -0.2) is 23.0 Å². The number of rotatable bonds is 14. The Balaban J connectivity index is 0.799. The Morgan fingerprint density at radius 3 is 1.33 bits per heavy atom. The number of urea groups is 1. The second kappa shape index (κ2) is 10.8. The lowest BCUT2D eigenvalue weighted by Gasteiger charge is -2.60. The topological polar surface area (TPSA) is 46.3 Å². The summed E-state index contributed by atoms with van der Waals surface area (Å²) in [6, 6.07) is -0.139. The number of primary amides is 1. The zero-order valence-electron chi connectivity index (χ0n) is 23.4. The molecule has 0 atom stereocenters. The van der Waals surface area contributed by atoms with Crippen LogP contribution in [0.15, 0.2) is 0 Å². The fraction of sp³-hybridized carbons (Fsp3) is 0.970. The van der Waals surface area contributed by atoms with Gasteiger partial charge < -0.3 is 10.6 Å². The van der Waals surface area contributed by atoms with Crippen molar-refractivity contribution >= 4 is 6.03 Å². The van der Waals surface area contributed by atoms with Crippen LogP contribution in [0.5, 0.6) is 0 Å². The first-order chi connectivity index (χ1) is 17.5. The van der Waals surface area contributed by atoms with Crippen LogP contribution in [-0.2, 0) is 0 Å². The lowest BCUT2D eigenvalue weighted by atomic mass is 9.48. The Labute approximate surface area is 222 Å². The molecule has 0 saturated heterocycles. The number of carbonyl (C=O) groups excluding carboxylic acids is 1. The fourth-order valence-electron chi connectivity index (χ4n) is 11.8. The summed E-state index contributed by atoms with van der Waals surface area (Å²) in [6.07, 6.45) is 33.0. The van der Waals surface area contributed by atoms with E-state index in [9.17, 15) is 4.79 Å². The quantitative estimate of drug-likeness (QED) is 0.240. The van der Waals surface area contributed by atoms with Crippen molar-refractivity contribution in [3.8, 4) is 0 Å². The zero-order valence-corrected chi connectivity index (χ0v) is 23.4. The second-order valence-electron chi connectivity index (χ2n) is 15.3. The summed E-state index contributed by atoms with van der Waals surface area (Å²) < 4.78 is 0. The third-order valence-corrected chi connectivity index (χ3v) is 12.3. The van der Waals surface area contributed by atoms with E-state index in [1.54, 1.807) is 44.9 Å². The van der Waals surface area contributed by atoms with E-state index < -0.39 is 0 Å². The van der Waals surface area contributed by atoms with E-state index in [2.05, 4.69) is 4.90 Å². The van der Waals surface area contributed by atoms with Crippen molar-refractivity contribution in [1.82, 2.24) is 4.90 Å². The average Bonchev–Trinajstić information content (AvgIpc) is 2.80. The van der Waals surface area contributed by atoms with Crippen molar-refractivity contribution in [2.45, 2.75) is 153 Å². The van der Waals surface area contributed by atoms with Gasteiger partial charge in [0, 0.05) is 12.1 Å². The number of nitrogens with zero attached hydrogens (tertiary/aromatic N) is 1. The van der Waals surface area contributed by atoms with Gasteiger partial charge in [0.15, 0.2) is 0 Å². The predicted octanol–water partition coefficient (Wildman–Crippen LogP) is 8.84. The SMILES string of the molecule is NC(=O)N(CCCCCCCCCCCCC12CC3CC(CC(C3)C1)C2)C12CC3CC(CC(C3)C1)C2. The molecule has 8 aliphatic rings. The van der Waals surface area contributed by atoms with Crippen LogP contribution in [0.4, 0.5) is 4.79 Å². The molecule has 204 valence electrons. The standard InChI is InChI=1S/C33H56N2O/c34-31(36)35(33-22-28-16-29(23-33)18-30(17-28)24-33)12-10-8-6-4-2-1-3-5-7-9-11-32-19-25-13-26(20-32)15-27(14-25)21-32/h25-30H,1-24H2,(H2,34,36). The Hall–Kier alpha value is -0.730. The molecule has 8 aliphatic carbocycles. The number of hydrogen-bond donors (Lipinski definition) is 1. The molecule has 0 radical (unpaired) electrons. The van der Waals surface area contributed by atoms with E-state index in [0.717, 1.165) is 53.9 Å². The van der Waals surface area contributed by atoms with Gasteiger partial charge in [0.05, 0.1) is 0 Å². The van der Waals surface area contributed by atoms with Crippen molar-refractivity contribution < 1.29 is 4.79 Å². The minimum atomic E-state index is -0.139. The second-order valence-corrected chi connectivity index (χ2v) is 15.3. The maximum Gasteiger partial charge on any atom is 0.315 e. The molecule has 0 aromatic carbocycles. The van der Waals surface area contributed by atoms with Gasteiger partial charge in [0.2, 0.25) is 0 Å². The van der Waals surface area contributed by atoms with Crippen molar-refractivity contribution in [1.29, 1.82) is 0 Å². The first-order valence-electron chi connectivity index (χ1n) is 16.6. The lowest BCUT2D eigenvalue weighted by molar-refractivity contribution is -0.0694. The molecule has 3 nitrogen and oxygen atoms in total. The van der Waals surface area contributed by atoms with Crippen LogP contribution in [0.25, 0.3) is 0 Å². The molecule has 8 saturated carbocycles. The zero-order chi connectivity index (χ0) is 24.6. The van der Waals surface area contributed by atoms with E-state index in [1.807, 2.05) is 0 Å². The molecule has 0 unspecified atom stereocenters. The summed E-state index contributed by atoms with van der Waals surface area (Å²) in [5.74, 6) is 5.97. The molecule has 36 heavy (non-hydrogen) atoms. The van der Waals surface area contributed by atoms with E-state index in [0.29, 0.717) is 0 Å². The van der Waals surface area contributed by atoms with Crippen LogP contribution in [0.3, 0.4) is 0 Å². The highest BCUT2D eigenvalue weighted by atomic mass is 16.2. The Morgan fingerprint density at radius 1 is 0.556 bits per heavy atom. The third kappa shape index (κ3) is 5.51. The summed E-state index contributed by atoms with van der Waals surface area (Å²) in [5, 5.41) is 0. The highest BCUT2D eigenvalue weighted by molar-refractivity contribution is 5.73. The van der Waals surface area contributed by atoms with Crippen molar-refractivity contribution in [3.05, 3.63) is 0 Å². The molecule has 0 aromatic heterocycles.